The van der Waals surface area contributed by atoms with E-state index in [0.717, 1.165) is 38.1 Å². The topological polar surface area (TPSA) is 69.4 Å². The lowest BCUT2D eigenvalue weighted by Gasteiger charge is -2.12. The normalized spacial score (nSPS) is 11.9. The van der Waals surface area contributed by atoms with E-state index < -0.39 is 0 Å². The Morgan fingerprint density at radius 2 is 1.12 bits per heavy atom. The third-order valence-corrected chi connectivity index (χ3v) is 11.9. The highest BCUT2D eigenvalue weighted by Crippen LogP contribution is 2.51. The Bertz CT molecular complexity index is 3090. The van der Waals surface area contributed by atoms with E-state index in [4.69, 9.17) is 19.9 Å². The van der Waals surface area contributed by atoms with Crippen LogP contribution in [0.5, 0.6) is 0 Å². The Hall–Kier alpha value is -6.35. The molecule has 11 rings (SSSR count). The van der Waals surface area contributed by atoms with Gasteiger partial charge < -0.3 is 4.57 Å². The highest BCUT2D eigenvalue weighted by atomic mass is 32.1. The summed E-state index contributed by atoms with van der Waals surface area (Å²) in [6, 6.07) is 46.3. The van der Waals surface area contributed by atoms with Crippen molar-refractivity contribution in [1.82, 2.24) is 29.5 Å². The summed E-state index contributed by atoms with van der Waals surface area (Å²) in [5.74, 6) is 1.91. The van der Waals surface area contributed by atoms with Crippen LogP contribution in [0.1, 0.15) is 0 Å². The zero-order valence-electron chi connectivity index (χ0n) is 26.9. The fraction of sp³-hybridized carbons (Fsp3) is 0. The molecule has 0 unspecified atom stereocenters. The fourth-order valence-electron chi connectivity index (χ4n) is 7.40. The number of nitrogens with zero attached hydrogens (tertiary/aromatic N) is 6. The van der Waals surface area contributed by atoms with Crippen LogP contribution in [0, 0.1) is 0 Å². The van der Waals surface area contributed by atoms with Gasteiger partial charge in [-0.1, -0.05) is 109 Å². The molecule has 0 saturated carbocycles. The van der Waals surface area contributed by atoms with Crippen molar-refractivity contribution < 1.29 is 0 Å². The minimum atomic E-state index is 0.628. The van der Waals surface area contributed by atoms with E-state index in [1.54, 1.807) is 17.7 Å². The molecule has 0 radical (unpaired) electrons. The number of benzene rings is 6. The Morgan fingerprint density at radius 3 is 1.88 bits per heavy atom. The molecule has 5 heterocycles. The molecule has 8 heteroatoms. The lowest BCUT2D eigenvalue weighted by Crippen LogP contribution is -2.01. The molecule has 5 aromatic heterocycles. The van der Waals surface area contributed by atoms with E-state index in [2.05, 4.69) is 82.3 Å². The zero-order chi connectivity index (χ0) is 33.5. The third-order valence-electron chi connectivity index (χ3n) is 9.60. The van der Waals surface area contributed by atoms with Crippen molar-refractivity contribution in [3.63, 3.8) is 0 Å². The van der Waals surface area contributed by atoms with Crippen LogP contribution in [-0.4, -0.2) is 29.5 Å². The summed E-state index contributed by atoms with van der Waals surface area (Å²) >= 11 is 3.61. The first-order valence-corrected chi connectivity index (χ1v) is 18.3. The third kappa shape index (κ3) is 4.30. The summed E-state index contributed by atoms with van der Waals surface area (Å²) in [6.45, 7) is 0. The van der Waals surface area contributed by atoms with Gasteiger partial charge in [0.1, 0.15) is 11.2 Å². The smallest absolute Gasteiger partial charge is 0.164 e. The number of rotatable bonds is 4. The van der Waals surface area contributed by atoms with Crippen LogP contribution in [0.25, 0.3) is 102 Å². The van der Waals surface area contributed by atoms with Crippen molar-refractivity contribution in [3.05, 3.63) is 146 Å². The zero-order valence-corrected chi connectivity index (χ0v) is 28.5. The molecule has 0 atom stereocenters. The summed E-state index contributed by atoms with van der Waals surface area (Å²) < 4.78 is 6.18. The standard InChI is InChI=1S/C43H24N6S2/c1-3-12-25(13-4-1)40-46-41(26-14-5-2-6-15-26)48-42(47-40)27-16-11-17-28(22-27)49-32-20-9-7-18-29(32)36-37(49)39-34(30-19-8-10-21-33(30)50-39)35-31-23-44-24-45-43(31)51-38(35)36/h1-24H. The van der Waals surface area contributed by atoms with Crippen molar-refractivity contribution in [3.8, 4) is 39.9 Å². The van der Waals surface area contributed by atoms with E-state index >= 15 is 0 Å². The van der Waals surface area contributed by atoms with Gasteiger partial charge in [0.05, 0.1) is 15.7 Å². The summed E-state index contributed by atoms with van der Waals surface area (Å²) in [4.78, 5) is 25.2. The number of fused-ring (bicyclic) bond motifs is 12. The molecule has 0 saturated heterocycles. The molecular weight excluding hydrogens is 665 g/mol. The van der Waals surface area contributed by atoms with E-state index in [1.807, 2.05) is 78.2 Å². The maximum Gasteiger partial charge on any atom is 0.164 e. The minimum Gasteiger partial charge on any atom is -0.308 e. The van der Waals surface area contributed by atoms with Crippen molar-refractivity contribution in [1.29, 1.82) is 0 Å². The maximum atomic E-state index is 5.05. The molecule has 0 aliphatic heterocycles. The summed E-state index contributed by atoms with van der Waals surface area (Å²) in [5.41, 5.74) is 6.19. The highest BCUT2D eigenvalue weighted by molar-refractivity contribution is 7.29. The van der Waals surface area contributed by atoms with Gasteiger partial charge in [-0.15, -0.1) is 22.7 Å². The second-order valence-corrected chi connectivity index (χ2v) is 14.6. The van der Waals surface area contributed by atoms with Crippen LogP contribution >= 0.6 is 22.7 Å². The second-order valence-electron chi connectivity index (χ2n) is 12.5. The van der Waals surface area contributed by atoms with Gasteiger partial charge in [0.15, 0.2) is 17.5 Å². The molecule has 238 valence electrons. The Labute approximate surface area is 299 Å². The van der Waals surface area contributed by atoms with Gasteiger partial charge in [-0.3, -0.25) is 0 Å². The van der Waals surface area contributed by atoms with Gasteiger partial charge >= 0.3 is 0 Å². The van der Waals surface area contributed by atoms with Gasteiger partial charge in [0, 0.05) is 70.3 Å². The molecule has 0 fully saturated rings. The molecule has 0 bridgehead atoms. The van der Waals surface area contributed by atoms with E-state index in [-0.39, 0.29) is 0 Å². The lowest BCUT2D eigenvalue weighted by atomic mass is 10.0. The molecule has 6 aromatic carbocycles. The predicted octanol–water partition coefficient (Wildman–Crippen LogP) is 11.5. The minimum absolute atomic E-state index is 0.628. The van der Waals surface area contributed by atoms with Gasteiger partial charge in [-0.05, 0) is 24.3 Å². The number of thiophene rings is 2. The lowest BCUT2D eigenvalue weighted by molar-refractivity contribution is 1.07. The Morgan fingerprint density at radius 1 is 0.490 bits per heavy atom. The van der Waals surface area contributed by atoms with E-state index in [0.29, 0.717) is 17.5 Å². The number of para-hydroxylation sites is 1. The number of aromatic nitrogens is 6. The van der Waals surface area contributed by atoms with Crippen LogP contribution in [0.4, 0.5) is 0 Å². The van der Waals surface area contributed by atoms with Crippen LogP contribution in [-0.2, 0) is 0 Å². The Balaban J connectivity index is 1.23. The fourth-order valence-corrected chi connectivity index (χ4v) is 9.83. The summed E-state index contributed by atoms with van der Waals surface area (Å²) in [7, 11) is 0. The Kier molecular flexibility index (Phi) is 6.19. The molecule has 51 heavy (non-hydrogen) atoms. The summed E-state index contributed by atoms with van der Waals surface area (Å²) in [6.07, 6.45) is 3.63. The van der Waals surface area contributed by atoms with Crippen LogP contribution < -0.4 is 0 Å². The second kappa shape index (κ2) is 11.1. The first kappa shape index (κ1) is 28.5. The predicted molar refractivity (Wildman–Crippen MR) is 212 cm³/mol. The van der Waals surface area contributed by atoms with Crippen molar-refractivity contribution in [2.24, 2.45) is 0 Å². The van der Waals surface area contributed by atoms with Gasteiger partial charge in [-0.2, -0.15) is 0 Å². The van der Waals surface area contributed by atoms with E-state index in [9.17, 15) is 0 Å². The molecule has 0 aliphatic carbocycles. The molecule has 0 spiro atoms. The SMILES string of the molecule is c1ccc(-c2nc(-c3ccccc3)nc(-c3cccc(-n4c5ccccc5c5c6sc7ncncc7c6c6c7ccccc7sc6c54)c3)n2)cc1. The van der Waals surface area contributed by atoms with Crippen LogP contribution in [0.2, 0.25) is 0 Å². The first-order chi connectivity index (χ1) is 25.3. The molecule has 0 aliphatic rings. The molecular formula is C43H24N6S2. The molecule has 0 N–H and O–H groups in total. The largest absolute Gasteiger partial charge is 0.308 e. The van der Waals surface area contributed by atoms with Crippen LogP contribution in [0.3, 0.4) is 0 Å². The highest BCUT2D eigenvalue weighted by Gasteiger charge is 2.25. The van der Waals surface area contributed by atoms with Crippen LogP contribution in [0.15, 0.2) is 146 Å². The molecule has 6 nitrogen and oxygen atoms in total. The van der Waals surface area contributed by atoms with Gasteiger partial charge in [0.2, 0.25) is 0 Å². The number of hydrogen-bond donors (Lipinski definition) is 0. The quantitative estimate of drug-likeness (QED) is 0.184. The monoisotopic (exact) mass is 688 g/mol. The van der Waals surface area contributed by atoms with Crippen molar-refractivity contribution in [2.75, 3.05) is 0 Å². The average molecular weight is 689 g/mol. The van der Waals surface area contributed by atoms with Gasteiger partial charge in [-0.25, -0.2) is 24.9 Å². The van der Waals surface area contributed by atoms with Gasteiger partial charge in [0.25, 0.3) is 0 Å². The number of hydrogen-bond acceptors (Lipinski definition) is 7. The maximum absolute atomic E-state index is 5.05. The summed E-state index contributed by atoms with van der Waals surface area (Å²) in [5, 5.41) is 7.30. The molecule has 0 amide bonds. The van der Waals surface area contributed by atoms with Crippen molar-refractivity contribution in [2.45, 2.75) is 0 Å². The average Bonchev–Trinajstić information content (AvgIpc) is 3.88. The van der Waals surface area contributed by atoms with Crippen molar-refractivity contribution >= 4 is 85.0 Å². The van der Waals surface area contributed by atoms with E-state index in [1.165, 1.54) is 46.5 Å². The molecule has 11 aromatic rings. The first-order valence-electron chi connectivity index (χ1n) is 16.7.